The molecule has 0 aromatic heterocycles. The van der Waals surface area contributed by atoms with Gasteiger partial charge in [0, 0.05) is 18.3 Å². The van der Waals surface area contributed by atoms with Gasteiger partial charge in [-0.2, -0.15) is 0 Å². The van der Waals surface area contributed by atoms with Crippen LogP contribution in [0.4, 0.5) is 11.4 Å². The quantitative estimate of drug-likeness (QED) is 0.777. The number of rotatable bonds is 7. The molecule has 0 aliphatic carbocycles. The van der Waals surface area contributed by atoms with E-state index in [2.05, 4.69) is 31.4 Å². The molecule has 0 saturated carbocycles. The summed E-state index contributed by atoms with van der Waals surface area (Å²) in [5, 5.41) is 5.43. The van der Waals surface area contributed by atoms with E-state index < -0.39 is 0 Å². The Morgan fingerprint density at radius 3 is 2.19 bits per heavy atom. The molecule has 0 spiro atoms. The summed E-state index contributed by atoms with van der Waals surface area (Å²) in [5.41, 5.74) is 2.59. The van der Waals surface area contributed by atoms with Crippen LogP contribution in [0.15, 0.2) is 48.5 Å². The predicted octanol–water partition coefficient (Wildman–Crippen LogP) is 4.35. The summed E-state index contributed by atoms with van der Waals surface area (Å²) >= 11 is 0. The van der Waals surface area contributed by atoms with Gasteiger partial charge in [0.1, 0.15) is 5.75 Å². The zero-order valence-electron chi connectivity index (χ0n) is 15.8. The minimum Gasteiger partial charge on any atom is -0.484 e. The smallest absolute Gasteiger partial charge is 0.262 e. The molecule has 0 radical (unpaired) electrons. The third-order valence-corrected chi connectivity index (χ3v) is 4.36. The Balaban J connectivity index is 1.90. The van der Waals surface area contributed by atoms with Crippen molar-refractivity contribution >= 4 is 23.2 Å². The highest BCUT2D eigenvalue weighted by molar-refractivity contribution is 5.94. The summed E-state index contributed by atoms with van der Waals surface area (Å²) in [6, 6.07) is 14.8. The zero-order valence-corrected chi connectivity index (χ0v) is 15.8. The molecule has 0 unspecified atom stereocenters. The number of nitrogens with one attached hydrogen (secondary N) is 2. The molecule has 2 aromatic carbocycles. The summed E-state index contributed by atoms with van der Waals surface area (Å²) in [6.45, 7) is 7.92. The molecule has 0 atom stereocenters. The summed E-state index contributed by atoms with van der Waals surface area (Å²) in [7, 11) is 0. The fourth-order valence-electron chi connectivity index (χ4n) is 2.43. The van der Waals surface area contributed by atoms with Crippen LogP contribution in [-0.4, -0.2) is 18.4 Å². The van der Waals surface area contributed by atoms with Crippen molar-refractivity contribution < 1.29 is 14.3 Å². The topological polar surface area (TPSA) is 67.4 Å². The van der Waals surface area contributed by atoms with Crippen molar-refractivity contribution in [3.63, 3.8) is 0 Å². The first-order valence-corrected chi connectivity index (χ1v) is 8.71. The number of benzene rings is 2. The van der Waals surface area contributed by atoms with Gasteiger partial charge in [0.15, 0.2) is 6.61 Å². The van der Waals surface area contributed by atoms with Crippen molar-refractivity contribution in [1.82, 2.24) is 0 Å². The van der Waals surface area contributed by atoms with Crippen LogP contribution in [0.25, 0.3) is 0 Å². The molecule has 0 aliphatic heterocycles. The van der Waals surface area contributed by atoms with Crippen molar-refractivity contribution in [2.24, 2.45) is 0 Å². The lowest BCUT2D eigenvalue weighted by atomic mass is 9.82. The highest BCUT2D eigenvalue weighted by Crippen LogP contribution is 2.28. The summed E-state index contributed by atoms with van der Waals surface area (Å²) in [4.78, 5) is 23.2. The number of carbonyl (C=O) groups is 2. The van der Waals surface area contributed by atoms with Gasteiger partial charge in [0.05, 0.1) is 0 Å². The third-order valence-electron chi connectivity index (χ3n) is 4.36. The van der Waals surface area contributed by atoms with Crippen LogP contribution in [-0.2, 0) is 15.0 Å². The molecule has 5 nitrogen and oxygen atoms in total. The first kappa shape index (κ1) is 19.5. The largest absolute Gasteiger partial charge is 0.484 e. The van der Waals surface area contributed by atoms with Crippen LogP contribution < -0.4 is 15.4 Å². The normalized spacial score (nSPS) is 10.9. The van der Waals surface area contributed by atoms with Gasteiger partial charge in [-0.3, -0.25) is 9.59 Å². The monoisotopic (exact) mass is 354 g/mol. The maximum Gasteiger partial charge on any atom is 0.262 e. The molecule has 0 fully saturated rings. The molecule has 2 aromatic rings. The molecule has 138 valence electrons. The predicted molar refractivity (Wildman–Crippen MR) is 105 cm³/mol. The second kappa shape index (κ2) is 8.52. The van der Waals surface area contributed by atoms with E-state index in [0.717, 1.165) is 6.42 Å². The Morgan fingerprint density at radius 1 is 1.00 bits per heavy atom. The van der Waals surface area contributed by atoms with Crippen molar-refractivity contribution in [2.75, 3.05) is 17.2 Å². The summed E-state index contributed by atoms with van der Waals surface area (Å²) < 4.78 is 5.55. The second-order valence-corrected chi connectivity index (χ2v) is 6.86. The Morgan fingerprint density at radius 2 is 1.62 bits per heavy atom. The molecule has 2 rings (SSSR count). The second-order valence-electron chi connectivity index (χ2n) is 6.86. The van der Waals surface area contributed by atoms with Crippen molar-refractivity contribution in [3.8, 4) is 5.75 Å². The van der Waals surface area contributed by atoms with Crippen LogP contribution >= 0.6 is 0 Å². The van der Waals surface area contributed by atoms with E-state index in [1.165, 1.54) is 12.5 Å². The molecular weight excluding hydrogens is 328 g/mol. The van der Waals surface area contributed by atoms with Crippen LogP contribution in [0.2, 0.25) is 0 Å². The molecule has 0 saturated heterocycles. The van der Waals surface area contributed by atoms with Crippen molar-refractivity contribution in [1.29, 1.82) is 0 Å². The lowest BCUT2D eigenvalue weighted by molar-refractivity contribution is -0.118. The van der Waals surface area contributed by atoms with E-state index in [-0.39, 0.29) is 23.8 Å². The number of carbonyl (C=O) groups excluding carboxylic acids is 2. The van der Waals surface area contributed by atoms with E-state index in [9.17, 15) is 9.59 Å². The molecule has 2 N–H and O–H groups in total. The van der Waals surface area contributed by atoms with Gasteiger partial charge in [-0.15, -0.1) is 0 Å². The number of ether oxygens (including phenoxy) is 1. The van der Waals surface area contributed by atoms with Crippen molar-refractivity contribution in [3.05, 3.63) is 54.1 Å². The highest BCUT2D eigenvalue weighted by atomic mass is 16.5. The number of hydrogen-bond acceptors (Lipinski definition) is 3. The van der Waals surface area contributed by atoms with E-state index >= 15 is 0 Å². The lowest BCUT2D eigenvalue weighted by Gasteiger charge is -2.23. The SMILES string of the molecule is CCC(C)(C)c1ccc(OCC(=O)Nc2cccc(NC(C)=O)c2)cc1. The van der Waals surface area contributed by atoms with E-state index in [0.29, 0.717) is 17.1 Å². The highest BCUT2D eigenvalue weighted by Gasteiger charge is 2.17. The molecule has 0 bridgehead atoms. The molecular formula is C21H26N2O3. The van der Waals surface area contributed by atoms with Crippen molar-refractivity contribution in [2.45, 2.75) is 39.5 Å². The average Bonchev–Trinajstić information content (AvgIpc) is 2.60. The fourth-order valence-corrected chi connectivity index (χ4v) is 2.43. The summed E-state index contributed by atoms with van der Waals surface area (Å²) in [6.07, 6.45) is 1.05. The van der Waals surface area contributed by atoms with Crippen LogP contribution in [0, 0.1) is 0 Å². The fraction of sp³-hybridized carbons (Fsp3) is 0.333. The number of amides is 2. The van der Waals surface area contributed by atoms with E-state index in [1.54, 1.807) is 24.3 Å². The van der Waals surface area contributed by atoms with Gasteiger partial charge < -0.3 is 15.4 Å². The van der Waals surface area contributed by atoms with Gasteiger partial charge in [-0.1, -0.05) is 39.0 Å². The first-order valence-electron chi connectivity index (χ1n) is 8.71. The molecule has 5 heteroatoms. The van der Waals surface area contributed by atoms with Gasteiger partial charge in [0.2, 0.25) is 5.91 Å². The first-order chi connectivity index (χ1) is 12.3. The third kappa shape index (κ3) is 5.62. The Kier molecular flexibility index (Phi) is 6.39. The Hall–Kier alpha value is -2.82. The van der Waals surface area contributed by atoms with Crippen LogP contribution in [0.3, 0.4) is 0 Å². The summed E-state index contributed by atoms with van der Waals surface area (Å²) in [5.74, 6) is 0.234. The van der Waals surface area contributed by atoms with Gasteiger partial charge in [0.25, 0.3) is 5.91 Å². The molecule has 0 aliphatic rings. The van der Waals surface area contributed by atoms with E-state index in [1.807, 2.05) is 24.3 Å². The Bertz CT molecular complexity index is 767. The van der Waals surface area contributed by atoms with Crippen LogP contribution in [0.5, 0.6) is 5.75 Å². The average molecular weight is 354 g/mol. The minimum absolute atomic E-state index is 0.0825. The zero-order chi connectivity index (χ0) is 19.2. The minimum atomic E-state index is -0.261. The maximum absolute atomic E-state index is 12.1. The molecule has 2 amide bonds. The lowest BCUT2D eigenvalue weighted by Crippen LogP contribution is -2.20. The van der Waals surface area contributed by atoms with Gasteiger partial charge >= 0.3 is 0 Å². The molecule has 26 heavy (non-hydrogen) atoms. The maximum atomic E-state index is 12.1. The molecule has 0 heterocycles. The number of anilines is 2. The van der Waals surface area contributed by atoms with Crippen LogP contribution in [0.1, 0.15) is 39.7 Å². The van der Waals surface area contributed by atoms with Gasteiger partial charge in [-0.25, -0.2) is 0 Å². The van der Waals surface area contributed by atoms with Gasteiger partial charge in [-0.05, 0) is 47.7 Å². The Labute approximate surface area is 154 Å². The van der Waals surface area contributed by atoms with E-state index in [4.69, 9.17) is 4.74 Å². The standard InChI is InChI=1S/C21H26N2O3/c1-5-21(3,4)16-9-11-19(12-10-16)26-14-20(25)23-18-8-6-7-17(13-18)22-15(2)24/h6-13H,5,14H2,1-4H3,(H,22,24)(H,23,25). The number of hydrogen-bond donors (Lipinski definition) is 2.